The minimum atomic E-state index is -0.808. The van der Waals surface area contributed by atoms with Gasteiger partial charge >= 0.3 is 5.97 Å². The first kappa shape index (κ1) is 17.8. The fourth-order valence-corrected chi connectivity index (χ4v) is 3.99. The smallest absolute Gasteiger partial charge is 0.311 e. The van der Waals surface area contributed by atoms with Gasteiger partial charge in [0.2, 0.25) is 0 Å². The Morgan fingerprint density at radius 3 is 2.35 bits per heavy atom. The van der Waals surface area contributed by atoms with E-state index in [0.717, 1.165) is 34.4 Å². The van der Waals surface area contributed by atoms with Crippen LogP contribution in [0, 0.1) is 0 Å². The minimum absolute atomic E-state index is 0.538. The number of hydrogen-bond acceptors (Lipinski definition) is 4. The maximum Gasteiger partial charge on any atom is 0.311 e. The summed E-state index contributed by atoms with van der Waals surface area (Å²) in [5.41, 5.74) is 1.65. The zero-order valence-electron chi connectivity index (χ0n) is 13.5. The summed E-state index contributed by atoms with van der Waals surface area (Å²) in [5.74, 6) is -1.35. The summed E-state index contributed by atoms with van der Waals surface area (Å²) in [6.45, 7) is 7.71. The molecule has 1 aromatic heterocycles. The van der Waals surface area contributed by atoms with Crippen LogP contribution in [0.15, 0.2) is 24.3 Å². The monoisotopic (exact) mass is 352 g/mol. The van der Waals surface area contributed by atoms with Gasteiger partial charge in [0, 0.05) is 28.6 Å². The third-order valence-corrected chi connectivity index (χ3v) is 5.30. The Morgan fingerprint density at radius 2 is 1.87 bits per heavy atom. The lowest BCUT2D eigenvalue weighted by atomic mass is 10.0. The number of carboxylic acid groups (broad SMARTS) is 1. The van der Waals surface area contributed by atoms with Gasteiger partial charge < -0.3 is 10.0 Å². The zero-order valence-corrected chi connectivity index (χ0v) is 15.1. The normalized spacial score (nSPS) is 12.2. The number of carbonyl (C=O) groups is 1. The first-order chi connectivity index (χ1) is 11.0. The van der Waals surface area contributed by atoms with E-state index in [1.807, 2.05) is 19.1 Å². The van der Waals surface area contributed by atoms with Crippen LogP contribution in [0.1, 0.15) is 38.0 Å². The number of aromatic nitrogens is 1. The van der Waals surface area contributed by atoms with E-state index in [4.69, 9.17) is 16.6 Å². The second-order valence-electron chi connectivity index (χ2n) is 5.19. The quantitative estimate of drug-likeness (QED) is 0.770. The molecule has 0 amide bonds. The molecule has 1 aromatic carbocycles. The molecular formula is C17H21ClN2O2S. The molecule has 0 saturated carbocycles. The molecule has 2 rings (SSSR count). The van der Waals surface area contributed by atoms with E-state index in [2.05, 4.69) is 18.7 Å². The number of nitrogens with zero attached hydrogens (tertiary/aromatic N) is 2. The number of anilines is 1. The van der Waals surface area contributed by atoms with Gasteiger partial charge in [0.25, 0.3) is 0 Å². The fourth-order valence-electron chi connectivity index (χ4n) is 2.47. The molecule has 0 aliphatic carbocycles. The second kappa shape index (κ2) is 7.79. The summed E-state index contributed by atoms with van der Waals surface area (Å²) < 4.78 is 0. The van der Waals surface area contributed by atoms with Gasteiger partial charge in [-0.15, -0.1) is 11.3 Å². The van der Waals surface area contributed by atoms with Crippen LogP contribution in [0.3, 0.4) is 0 Å². The minimum Gasteiger partial charge on any atom is -0.481 e. The van der Waals surface area contributed by atoms with Crippen molar-refractivity contribution in [2.75, 3.05) is 18.0 Å². The molecule has 6 heteroatoms. The van der Waals surface area contributed by atoms with Crippen molar-refractivity contribution in [3.05, 3.63) is 34.2 Å². The van der Waals surface area contributed by atoms with Crippen LogP contribution in [0.25, 0.3) is 11.3 Å². The number of aliphatic carboxylic acids is 1. The van der Waals surface area contributed by atoms with Crippen LogP contribution in [0.5, 0.6) is 0 Å². The lowest BCUT2D eigenvalue weighted by Crippen LogP contribution is -2.21. The van der Waals surface area contributed by atoms with Crippen LogP contribution in [0.2, 0.25) is 5.02 Å². The Balaban J connectivity index is 2.57. The van der Waals surface area contributed by atoms with Gasteiger partial charge in [-0.05, 0) is 32.4 Å². The molecule has 0 aliphatic rings. The number of benzene rings is 1. The Morgan fingerprint density at radius 1 is 1.26 bits per heavy atom. The van der Waals surface area contributed by atoms with Gasteiger partial charge in [-0.1, -0.05) is 30.7 Å². The molecular weight excluding hydrogens is 332 g/mol. The average Bonchev–Trinajstić information content (AvgIpc) is 2.94. The van der Waals surface area contributed by atoms with Crippen LogP contribution < -0.4 is 4.90 Å². The van der Waals surface area contributed by atoms with Gasteiger partial charge in [0.15, 0.2) is 5.13 Å². The molecule has 0 fully saturated rings. The average molecular weight is 353 g/mol. The van der Waals surface area contributed by atoms with Crippen molar-refractivity contribution >= 4 is 34.0 Å². The molecule has 1 heterocycles. The van der Waals surface area contributed by atoms with Crippen LogP contribution in [-0.4, -0.2) is 29.1 Å². The Kier molecular flexibility index (Phi) is 6.02. The summed E-state index contributed by atoms with van der Waals surface area (Å²) in [5, 5.41) is 11.1. The van der Waals surface area contributed by atoms with Crippen LogP contribution >= 0.6 is 22.9 Å². The molecule has 0 radical (unpaired) electrons. The summed E-state index contributed by atoms with van der Waals surface area (Å²) in [7, 11) is 0. The van der Waals surface area contributed by atoms with Crippen molar-refractivity contribution < 1.29 is 9.90 Å². The van der Waals surface area contributed by atoms with Gasteiger partial charge in [-0.25, -0.2) is 4.98 Å². The number of hydrogen-bond donors (Lipinski definition) is 1. The molecule has 0 spiro atoms. The van der Waals surface area contributed by atoms with Crippen LogP contribution in [-0.2, 0) is 4.79 Å². The van der Waals surface area contributed by atoms with Gasteiger partial charge in [-0.2, -0.15) is 0 Å². The molecule has 1 unspecified atom stereocenters. The summed E-state index contributed by atoms with van der Waals surface area (Å²) in [6, 6.07) is 7.39. The molecule has 23 heavy (non-hydrogen) atoms. The number of carboxylic acids is 1. The van der Waals surface area contributed by atoms with Crippen LogP contribution in [0.4, 0.5) is 5.13 Å². The second-order valence-corrected chi connectivity index (χ2v) is 6.63. The van der Waals surface area contributed by atoms with Crippen molar-refractivity contribution in [3.63, 3.8) is 0 Å². The topological polar surface area (TPSA) is 53.4 Å². The van der Waals surface area contributed by atoms with E-state index in [-0.39, 0.29) is 0 Å². The lowest BCUT2D eigenvalue weighted by Gasteiger charge is -2.16. The van der Waals surface area contributed by atoms with Crippen molar-refractivity contribution in [3.8, 4) is 11.3 Å². The van der Waals surface area contributed by atoms with Gasteiger partial charge in [0.1, 0.15) is 0 Å². The predicted octanol–water partition coefficient (Wildman–Crippen LogP) is 4.89. The zero-order chi connectivity index (χ0) is 17.0. The SMILES string of the molecule is CCC(C(=O)O)c1sc(N(CC)CC)nc1-c1ccc(Cl)cc1. The molecule has 0 bridgehead atoms. The van der Waals surface area contributed by atoms with Crippen molar-refractivity contribution in [1.82, 2.24) is 4.98 Å². The third-order valence-electron chi connectivity index (χ3n) is 3.82. The fraction of sp³-hybridized carbons (Fsp3) is 0.412. The maximum absolute atomic E-state index is 11.6. The van der Waals surface area contributed by atoms with Crippen molar-refractivity contribution in [2.45, 2.75) is 33.1 Å². The number of rotatable bonds is 7. The lowest BCUT2D eigenvalue weighted by molar-refractivity contribution is -0.138. The molecule has 0 saturated heterocycles. The highest BCUT2D eigenvalue weighted by atomic mass is 35.5. The summed E-state index contributed by atoms with van der Waals surface area (Å²) in [4.78, 5) is 19.3. The van der Waals surface area contributed by atoms with E-state index in [9.17, 15) is 9.90 Å². The molecule has 1 atom stereocenters. The Hall–Kier alpha value is -1.59. The molecule has 2 aromatic rings. The Bertz CT molecular complexity index is 666. The van der Waals surface area contributed by atoms with E-state index < -0.39 is 11.9 Å². The maximum atomic E-state index is 11.6. The Labute approximate surface area is 145 Å². The summed E-state index contributed by atoms with van der Waals surface area (Å²) >= 11 is 7.44. The van der Waals surface area contributed by atoms with E-state index in [1.54, 1.807) is 12.1 Å². The van der Waals surface area contributed by atoms with E-state index in [0.29, 0.717) is 11.4 Å². The van der Waals surface area contributed by atoms with Crippen molar-refractivity contribution in [1.29, 1.82) is 0 Å². The largest absolute Gasteiger partial charge is 0.481 e. The highest BCUT2D eigenvalue weighted by molar-refractivity contribution is 7.16. The van der Waals surface area contributed by atoms with E-state index >= 15 is 0 Å². The van der Waals surface area contributed by atoms with Crippen molar-refractivity contribution in [2.24, 2.45) is 0 Å². The first-order valence-electron chi connectivity index (χ1n) is 7.76. The van der Waals surface area contributed by atoms with Gasteiger partial charge in [0.05, 0.1) is 11.6 Å². The highest BCUT2D eigenvalue weighted by Gasteiger charge is 2.26. The summed E-state index contributed by atoms with van der Waals surface area (Å²) in [6.07, 6.45) is 0.538. The molecule has 0 aliphatic heterocycles. The highest BCUT2D eigenvalue weighted by Crippen LogP contribution is 2.39. The third kappa shape index (κ3) is 3.85. The number of halogens is 1. The predicted molar refractivity (Wildman–Crippen MR) is 96.8 cm³/mol. The molecule has 124 valence electrons. The first-order valence-corrected chi connectivity index (χ1v) is 8.95. The molecule has 1 N–H and O–H groups in total. The standard InChI is InChI=1S/C17H21ClN2O2S/c1-4-13(16(21)22)15-14(11-7-9-12(18)10-8-11)19-17(23-15)20(5-2)6-3/h7-10,13H,4-6H2,1-3H3,(H,21,22). The van der Waals surface area contributed by atoms with E-state index in [1.165, 1.54) is 11.3 Å². The molecule has 4 nitrogen and oxygen atoms in total. The number of thiazole rings is 1. The van der Waals surface area contributed by atoms with Gasteiger partial charge in [-0.3, -0.25) is 4.79 Å².